The van der Waals surface area contributed by atoms with Gasteiger partial charge in [-0.2, -0.15) is 0 Å². The van der Waals surface area contributed by atoms with Crippen LogP contribution in [0.15, 0.2) is 12.1 Å². The van der Waals surface area contributed by atoms with Gasteiger partial charge in [-0.25, -0.2) is 4.79 Å². The van der Waals surface area contributed by atoms with Crippen molar-refractivity contribution in [3.8, 4) is 0 Å². The fourth-order valence-corrected chi connectivity index (χ4v) is 1.55. The average molecular weight is 242 g/mol. The number of aldehydes is 1. The lowest BCUT2D eigenvalue weighted by atomic mass is 10.2. The summed E-state index contributed by atoms with van der Waals surface area (Å²) in [7, 11) is 0. The van der Waals surface area contributed by atoms with Gasteiger partial charge in [0.15, 0.2) is 6.29 Å². The number of esters is 1. The van der Waals surface area contributed by atoms with E-state index in [4.69, 9.17) is 4.74 Å². The van der Waals surface area contributed by atoms with Crippen LogP contribution in [-0.2, 0) is 4.74 Å². The summed E-state index contributed by atoms with van der Waals surface area (Å²) in [6, 6.07) is 3.21. The van der Waals surface area contributed by atoms with Crippen LogP contribution in [0.1, 0.15) is 54.0 Å². The van der Waals surface area contributed by atoms with Crippen molar-refractivity contribution >= 4 is 23.6 Å². The Hall–Kier alpha value is -1.16. The van der Waals surface area contributed by atoms with Crippen molar-refractivity contribution in [2.75, 3.05) is 0 Å². The lowest BCUT2D eigenvalue weighted by Gasteiger charge is -2.18. The van der Waals surface area contributed by atoms with E-state index in [2.05, 4.69) is 0 Å². The van der Waals surface area contributed by atoms with E-state index in [1.54, 1.807) is 32.9 Å². The first kappa shape index (κ1) is 14.8. The van der Waals surface area contributed by atoms with E-state index in [0.717, 1.165) is 17.6 Å². The van der Waals surface area contributed by atoms with Crippen LogP contribution in [0.4, 0.5) is 0 Å². The molecule has 3 nitrogen and oxygen atoms in total. The number of hydrogen-bond donors (Lipinski definition) is 0. The molecule has 4 heteroatoms. The van der Waals surface area contributed by atoms with Crippen LogP contribution in [0, 0.1) is 0 Å². The Morgan fingerprint density at radius 2 is 1.88 bits per heavy atom. The Bertz CT molecular complexity index is 347. The van der Waals surface area contributed by atoms with Crippen LogP contribution >= 0.6 is 11.3 Å². The fraction of sp³-hybridized carbons (Fsp3) is 0.500. The summed E-state index contributed by atoms with van der Waals surface area (Å²) in [5, 5.41) is 0. The zero-order valence-corrected chi connectivity index (χ0v) is 11.2. The van der Waals surface area contributed by atoms with Gasteiger partial charge in [0.1, 0.15) is 10.5 Å². The minimum Gasteiger partial charge on any atom is -0.456 e. The number of rotatable bonds is 2. The molecule has 0 fully saturated rings. The summed E-state index contributed by atoms with van der Waals surface area (Å²) in [4.78, 5) is 22.8. The molecule has 90 valence electrons. The number of carbonyl (C=O) groups excluding carboxylic acids is 2. The van der Waals surface area contributed by atoms with Crippen LogP contribution in [0.2, 0.25) is 0 Å². The first-order valence-electron chi connectivity index (χ1n) is 5.21. The number of ether oxygens (including phenoxy) is 1. The summed E-state index contributed by atoms with van der Waals surface area (Å²) in [6.07, 6.45) is 0.721. The molecule has 0 bridgehead atoms. The van der Waals surface area contributed by atoms with Gasteiger partial charge in [0.2, 0.25) is 0 Å². The zero-order chi connectivity index (χ0) is 12.8. The molecular weight excluding hydrogens is 224 g/mol. The van der Waals surface area contributed by atoms with Gasteiger partial charge in [-0.15, -0.1) is 11.3 Å². The van der Waals surface area contributed by atoms with Gasteiger partial charge >= 0.3 is 5.97 Å². The molecule has 0 radical (unpaired) electrons. The van der Waals surface area contributed by atoms with Crippen LogP contribution in [0.3, 0.4) is 0 Å². The highest BCUT2D eigenvalue weighted by atomic mass is 32.1. The lowest BCUT2D eigenvalue weighted by Crippen LogP contribution is -2.23. The minimum atomic E-state index is -0.498. The van der Waals surface area contributed by atoms with E-state index < -0.39 is 5.60 Å². The van der Waals surface area contributed by atoms with Crippen LogP contribution < -0.4 is 0 Å². The third-order valence-corrected chi connectivity index (χ3v) is 2.33. The van der Waals surface area contributed by atoms with Gasteiger partial charge in [0.25, 0.3) is 0 Å². The molecule has 0 aromatic carbocycles. The van der Waals surface area contributed by atoms with Gasteiger partial charge in [0, 0.05) is 0 Å². The van der Waals surface area contributed by atoms with Crippen molar-refractivity contribution in [3.63, 3.8) is 0 Å². The SMILES string of the molecule is CC.CC(C)(C)OC(=O)c1ccc(C=O)s1. The summed E-state index contributed by atoms with van der Waals surface area (Å²) in [6.45, 7) is 9.41. The van der Waals surface area contributed by atoms with Crippen molar-refractivity contribution < 1.29 is 14.3 Å². The predicted octanol–water partition coefficient (Wildman–Crippen LogP) is 3.54. The molecule has 0 atom stereocenters. The Morgan fingerprint density at radius 1 is 1.31 bits per heavy atom. The van der Waals surface area contributed by atoms with Crippen molar-refractivity contribution in [1.29, 1.82) is 0 Å². The minimum absolute atomic E-state index is 0.379. The molecule has 0 N–H and O–H groups in total. The second-order valence-corrected chi connectivity index (χ2v) is 4.94. The van der Waals surface area contributed by atoms with Crippen LogP contribution in [0.5, 0.6) is 0 Å². The molecule has 0 saturated heterocycles. The molecule has 1 aromatic rings. The summed E-state index contributed by atoms with van der Waals surface area (Å²) < 4.78 is 5.14. The maximum atomic E-state index is 11.5. The number of thiophene rings is 1. The highest BCUT2D eigenvalue weighted by Gasteiger charge is 2.18. The van der Waals surface area contributed by atoms with Crippen molar-refractivity contribution in [1.82, 2.24) is 0 Å². The Labute approximate surface area is 100 Å². The van der Waals surface area contributed by atoms with E-state index in [-0.39, 0.29) is 5.97 Å². The molecule has 0 amide bonds. The molecule has 0 aliphatic rings. The van der Waals surface area contributed by atoms with Gasteiger partial charge in [-0.3, -0.25) is 4.79 Å². The first-order chi connectivity index (χ1) is 7.42. The highest BCUT2D eigenvalue weighted by molar-refractivity contribution is 7.15. The third kappa shape index (κ3) is 5.07. The molecule has 0 unspecified atom stereocenters. The zero-order valence-electron chi connectivity index (χ0n) is 10.4. The fourth-order valence-electron chi connectivity index (χ4n) is 0.854. The lowest BCUT2D eigenvalue weighted by molar-refractivity contribution is 0.00752. The standard InChI is InChI=1S/C10H12O3S.C2H6/c1-10(2,3)13-9(12)8-5-4-7(6-11)14-8;1-2/h4-6H,1-3H3;1-2H3. The second kappa shape index (κ2) is 6.43. The largest absolute Gasteiger partial charge is 0.456 e. The van der Waals surface area contributed by atoms with E-state index in [0.29, 0.717) is 9.75 Å². The molecule has 0 aliphatic heterocycles. The molecular formula is C12H18O3S. The van der Waals surface area contributed by atoms with Crippen molar-refractivity contribution in [2.24, 2.45) is 0 Å². The summed E-state index contributed by atoms with van der Waals surface area (Å²) in [5.74, 6) is -0.379. The van der Waals surface area contributed by atoms with E-state index in [1.807, 2.05) is 13.8 Å². The molecule has 1 aromatic heterocycles. The summed E-state index contributed by atoms with van der Waals surface area (Å²) >= 11 is 1.14. The number of carbonyl (C=O) groups is 2. The highest BCUT2D eigenvalue weighted by Crippen LogP contribution is 2.18. The summed E-state index contributed by atoms with van der Waals surface area (Å²) in [5.41, 5.74) is -0.498. The van der Waals surface area contributed by atoms with E-state index in [1.165, 1.54) is 0 Å². The number of hydrogen-bond acceptors (Lipinski definition) is 4. The Morgan fingerprint density at radius 3 is 2.25 bits per heavy atom. The smallest absolute Gasteiger partial charge is 0.348 e. The molecule has 16 heavy (non-hydrogen) atoms. The monoisotopic (exact) mass is 242 g/mol. The predicted molar refractivity (Wildman–Crippen MR) is 66.2 cm³/mol. The normalized spacial score (nSPS) is 10.1. The second-order valence-electron chi connectivity index (χ2n) is 3.82. The van der Waals surface area contributed by atoms with Gasteiger partial charge in [-0.1, -0.05) is 13.8 Å². The Balaban J connectivity index is 0.00000106. The van der Waals surface area contributed by atoms with E-state index in [9.17, 15) is 9.59 Å². The maximum Gasteiger partial charge on any atom is 0.348 e. The molecule has 1 heterocycles. The van der Waals surface area contributed by atoms with Crippen molar-refractivity contribution in [2.45, 2.75) is 40.2 Å². The average Bonchev–Trinajstić information content (AvgIpc) is 2.66. The van der Waals surface area contributed by atoms with Gasteiger partial charge in [-0.05, 0) is 32.9 Å². The molecule has 1 rings (SSSR count). The Kier molecular flexibility index (Phi) is 5.96. The first-order valence-corrected chi connectivity index (χ1v) is 6.02. The topological polar surface area (TPSA) is 43.4 Å². The van der Waals surface area contributed by atoms with E-state index >= 15 is 0 Å². The van der Waals surface area contributed by atoms with Crippen LogP contribution in [-0.4, -0.2) is 17.9 Å². The van der Waals surface area contributed by atoms with Gasteiger partial charge in [0.05, 0.1) is 4.88 Å². The third-order valence-electron chi connectivity index (χ3n) is 1.34. The maximum absolute atomic E-state index is 11.5. The van der Waals surface area contributed by atoms with Crippen LogP contribution in [0.25, 0.3) is 0 Å². The van der Waals surface area contributed by atoms with Gasteiger partial charge < -0.3 is 4.74 Å². The quantitative estimate of drug-likeness (QED) is 0.588. The molecule has 0 spiro atoms. The van der Waals surface area contributed by atoms with Crippen molar-refractivity contribution in [3.05, 3.63) is 21.9 Å². The molecule has 0 aliphatic carbocycles. The molecule has 0 saturated carbocycles.